The number of carbonyl (C=O) groups excluding carboxylic acids is 3. The minimum absolute atomic E-state index is 0.105. The van der Waals surface area contributed by atoms with E-state index in [0.717, 1.165) is 42.4 Å². The van der Waals surface area contributed by atoms with Crippen LogP contribution in [0.3, 0.4) is 0 Å². The van der Waals surface area contributed by atoms with Gasteiger partial charge < -0.3 is 25.4 Å². The lowest BCUT2D eigenvalue weighted by molar-refractivity contribution is -0.147. The zero-order chi connectivity index (χ0) is 31.0. The molecule has 0 spiro atoms. The molecule has 1 aliphatic carbocycles. The van der Waals surface area contributed by atoms with Crippen LogP contribution in [0, 0.1) is 0 Å². The molecule has 228 valence electrons. The van der Waals surface area contributed by atoms with E-state index in [9.17, 15) is 19.5 Å². The van der Waals surface area contributed by atoms with Gasteiger partial charge in [-0.3, -0.25) is 9.59 Å². The summed E-state index contributed by atoms with van der Waals surface area (Å²) in [5.74, 6) is -0.537. The fraction of sp³-hybridized carbons (Fsp3) is 0.400. The van der Waals surface area contributed by atoms with Gasteiger partial charge in [0.25, 0.3) is 0 Å². The third-order valence-electron chi connectivity index (χ3n) is 7.63. The number of benzene rings is 3. The minimum Gasteiger partial charge on any atom is -0.508 e. The van der Waals surface area contributed by atoms with Crippen molar-refractivity contribution in [2.75, 3.05) is 0 Å². The highest BCUT2D eigenvalue weighted by atomic mass is 16.6. The molecule has 0 saturated heterocycles. The molecule has 3 N–H and O–H groups in total. The first kappa shape index (κ1) is 31.6. The van der Waals surface area contributed by atoms with Crippen molar-refractivity contribution in [3.63, 3.8) is 0 Å². The van der Waals surface area contributed by atoms with Gasteiger partial charge in [0.15, 0.2) is 0 Å². The van der Waals surface area contributed by atoms with Crippen LogP contribution in [0.4, 0.5) is 4.79 Å². The molecule has 43 heavy (non-hydrogen) atoms. The number of aromatic hydroxyl groups is 1. The Balaban J connectivity index is 1.71. The summed E-state index contributed by atoms with van der Waals surface area (Å²) in [6.07, 6.45) is 2.78. The highest BCUT2D eigenvalue weighted by molar-refractivity contribution is 5.92. The monoisotopic (exact) mass is 585 g/mol. The number of nitrogens with one attached hydrogen (secondary N) is 2. The second-order valence-electron chi connectivity index (χ2n) is 12.1. The molecule has 0 aromatic heterocycles. The normalized spacial score (nSPS) is 14.6. The zero-order valence-electron chi connectivity index (χ0n) is 25.5. The standard InChI is InChI=1S/C35H43N3O5/c1-5-24-14-18-27(19-15-24)31(32(40)36-23-26-10-7-6-8-11-26)38(28-12-9-13-28)33(41)30(37-34(42)43-35(2,3)4)22-25-16-20-29(39)21-17-25/h6-8,10-11,14-21,28,30-31,39H,5,9,12-13,22-23H2,1-4H3,(H,36,40)(H,37,42). The fourth-order valence-corrected chi connectivity index (χ4v) is 5.14. The second-order valence-corrected chi connectivity index (χ2v) is 12.1. The predicted octanol–water partition coefficient (Wildman–Crippen LogP) is 5.83. The maximum Gasteiger partial charge on any atom is 0.408 e. The molecule has 1 saturated carbocycles. The van der Waals surface area contributed by atoms with Gasteiger partial charge >= 0.3 is 6.09 Å². The van der Waals surface area contributed by atoms with Crippen molar-refractivity contribution >= 4 is 17.9 Å². The van der Waals surface area contributed by atoms with Gasteiger partial charge in [-0.1, -0.05) is 73.7 Å². The average Bonchev–Trinajstić information content (AvgIpc) is 2.95. The van der Waals surface area contributed by atoms with Crippen LogP contribution in [-0.2, 0) is 33.7 Å². The Bertz CT molecular complexity index is 1360. The highest BCUT2D eigenvalue weighted by Crippen LogP contribution is 2.34. The van der Waals surface area contributed by atoms with Crippen LogP contribution in [0.2, 0.25) is 0 Å². The topological polar surface area (TPSA) is 108 Å². The predicted molar refractivity (Wildman–Crippen MR) is 166 cm³/mol. The summed E-state index contributed by atoms with van der Waals surface area (Å²) in [7, 11) is 0. The van der Waals surface area contributed by atoms with Crippen molar-refractivity contribution in [2.24, 2.45) is 0 Å². The number of hydrogen-bond acceptors (Lipinski definition) is 5. The summed E-state index contributed by atoms with van der Waals surface area (Å²) in [5, 5.41) is 15.6. The van der Waals surface area contributed by atoms with Crippen molar-refractivity contribution in [1.29, 1.82) is 0 Å². The van der Waals surface area contributed by atoms with Gasteiger partial charge in [-0.25, -0.2) is 4.79 Å². The van der Waals surface area contributed by atoms with E-state index < -0.39 is 23.8 Å². The summed E-state index contributed by atoms with van der Waals surface area (Å²) in [6, 6.07) is 21.9. The molecule has 1 aliphatic rings. The van der Waals surface area contributed by atoms with Crippen LogP contribution < -0.4 is 10.6 Å². The number of phenolic OH excluding ortho intramolecular Hbond substituents is 1. The van der Waals surface area contributed by atoms with Crippen LogP contribution in [0.15, 0.2) is 78.9 Å². The Labute approximate surface area is 254 Å². The van der Waals surface area contributed by atoms with Gasteiger partial charge in [-0.05, 0) is 80.8 Å². The molecule has 0 heterocycles. The molecule has 0 radical (unpaired) electrons. The van der Waals surface area contributed by atoms with Crippen molar-refractivity contribution in [3.8, 4) is 5.75 Å². The maximum absolute atomic E-state index is 14.6. The summed E-state index contributed by atoms with van der Waals surface area (Å²) in [4.78, 5) is 43.3. The Hall–Kier alpha value is -4.33. The Morgan fingerprint density at radius 1 is 0.907 bits per heavy atom. The number of rotatable bonds is 11. The molecule has 8 heteroatoms. The van der Waals surface area contributed by atoms with Gasteiger partial charge in [0.1, 0.15) is 23.4 Å². The van der Waals surface area contributed by atoms with Gasteiger partial charge in [0, 0.05) is 19.0 Å². The van der Waals surface area contributed by atoms with Gasteiger partial charge in [-0.2, -0.15) is 0 Å². The Kier molecular flexibility index (Phi) is 10.5. The molecule has 3 amide bonds. The molecule has 0 bridgehead atoms. The van der Waals surface area contributed by atoms with E-state index in [4.69, 9.17) is 4.74 Å². The van der Waals surface area contributed by atoms with Crippen LogP contribution in [0.1, 0.15) is 75.3 Å². The number of aryl methyl sites for hydroxylation is 1. The quantitative estimate of drug-likeness (QED) is 0.263. The summed E-state index contributed by atoms with van der Waals surface area (Å²) < 4.78 is 5.52. The van der Waals surface area contributed by atoms with E-state index in [1.165, 1.54) is 0 Å². The lowest BCUT2D eigenvalue weighted by Gasteiger charge is -2.43. The molecule has 3 aromatic carbocycles. The number of ether oxygens (including phenoxy) is 1. The first-order valence-corrected chi connectivity index (χ1v) is 15.0. The third kappa shape index (κ3) is 8.83. The smallest absolute Gasteiger partial charge is 0.408 e. The van der Waals surface area contributed by atoms with E-state index in [2.05, 4.69) is 17.6 Å². The lowest BCUT2D eigenvalue weighted by atomic mass is 9.87. The molecule has 4 rings (SSSR count). The van der Waals surface area contributed by atoms with E-state index in [1.807, 2.05) is 54.6 Å². The van der Waals surface area contributed by atoms with Crippen molar-refractivity contribution in [1.82, 2.24) is 15.5 Å². The van der Waals surface area contributed by atoms with E-state index in [0.29, 0.717) is 12.1 Å². The van der Waals surface area contributed by atoms with Crippen molar-refractivity contribution in [3.05, 3.63) is 101 Å². The third-order valence-corrected chi connectivity index (χ3v) is 7.63. The second kappa shape index (κ2) is 14.2. The average molecular weight is 586 g/mol. The maximum atomic E-state index is 14.6. The number of amides is 3. The molecule has 1 fully saturated rings. The molecule has 2 unspecified atom stereocenters. The largest absolute Gasteiger partial charge is 0.508 e. The fourth-order valence-electron chi connectivity index (χ4n) is 5.14. The number of alkyl carbamates (subject to hydrolysis) is 1. The van der Waals surface area contributed by atoms with Gasteiger partial charge in [-0.15, -0.1) is 0 Å². The lowest BCUT2D eigenvalue weighted by Crippen LogP contribution is -2.58. The number of carbonyl (C=O) groups is 3. The number of nitrogens with zero attached hydrogens (tertiary/aromatic N) is 1. The van der Waals surface area contributed by atoms with Crippen LogP contribution in [0.25, 0.3) is 0 Å². The summed E-state index contributed by atoms with van der Waals surface area (Å²) >= 11 is 0. The molecule has 3 aromatic rings. The molecular formula is C35H43N3O5. The number of hydrogen-bond donors (Lipinski definition) is 3. The molecule has 2 atom stereocenters. The van der Waals surface area contributed by atoms with E-state index in [1.54, 1.807) is 49.9 Å². The van der Waals surface area contributed by atoms with Gasteiger partial charge in [0.2, 0.25) is 11.8 Å². The first-order chi connectivity index (χ1) is 20.5. The molecule has 8 nitrogen and oxygen atoms in total. The van der Waals surface area contributed by atoms with Crippen molar-refractivity contribution in [2.45, 2.75) is 90.1 Å². The SMILES string of the molecule is CCc1ccc(C(C(=O)NCc2ccccc2)N(C(=O)C(Cc2ccc(O)cc2)NC(=O)OC(C)(C)C)C2CCC2)cc1. The summed E-state index contributed by atoms with van der Waals surface area (Å²) in [5.41, 5.74) is 2.78. The zero-order valence-corrected chi connectivity index (χ0v) is 25.5. The molecular weight excluding hydrogens is 542 g/mol. The number of phenols is 1. The van der Waals surface area contributed by atoms with Crippen molar-refractivity contribution < 1.29 is 24.2 Å². The van der Waals surface area contributed by atoms with E-state index in [-0.39, 0.29) is 30.0 Å². The summed E-state index contributed by atoms with van der Waals surface area (Å²) in [6.45, 7) is 7.67. The Morgan fingerprint density at radius 3 is 2.09 bits per heavy atom. The highest BCUT2D eigenvalue weighted by Gasteiger charge is 2.42. The minimum atomic E-state index is -1.00. The van der Waals surface area contributed by atoms with Crippen LogP contribution >= 0.6 is 0 Å². The first-order valence-electron chi connectivity index (χ1n) is 15.0. The van der Waals surface area contributed by atoms with Gasteiger partial charge in [0.05, 0.1) is 0 Å². The Morgan fingerprint density at radius 2 is 1.53 bits per heavy atom. The molecule has 0 aliphatic heterocycles. The van der Waals surface area contributed by atoms with Crippen LogP contribution in [0.5, 0.6) is 5.75 Å². The van der Waals surface area contributed by atoms with Crippen LogP contribution in [-0.4, -0.2) is 45.6 Å². The van der Waals surface area contributed by atoms with E-state index >= 15 is 0 Å².